The Morgan fingerprint density at radius 1 is 1.13 bits per heavy atom. The van der Waals surface area contributed by atoms with E-state index in [1.807, 2.05) is 55.5 Å². The van der Waals surface area contributed by atoms with Gasteiger partial charge in [0.25, 0.3) is 11.5 Å². The number of primary amides is 1. The highest BCUT2D eigenvalue weighted by molar-refractivity contribution is 8.26. The average Bonchev–Trinajstić information content (AvgIpc) is 3.21. The lowest BCUT2D eigenvalue weighted by Gasteiger charge is -2.34. The lowest BCUT2D eigenvalue weighted by atomic mass is 9.94. The van der Waals surface area contributed by atoms with E-state index in [1.165, 1.54) is 11.8 Å². The van der Waals surface area contributed by atoms with Gasteiger partial charge in [-0.1, -0.05) is 54.3 Å². The van der Waals surface area contributed by atoms with E-state index in [0.29, 0.717) is 53.8 Å². The first-order valence-corrected chi connectivity index (χ1v) is 14.1. The molecule has 10 heteroatoms. The smallest absolute Gasteiger partial charge is 0.266 e. The van der Waals surface area contributed by atoms with E-state index in [4.69, 9.17) is 22.7 Å². The van der Waals surface area contributed by atoms with Crippen LogP contribution in [0.2, 0.25) is 0 Å². The second-order valence-corrected chi connectivity index (χ2v) is 11.3. The molecule has 0 saturated carbocycles. The number of nitrogens with zero attached hydrogens (tertiary/aromatic N) is 3. The molecule has 2 N–H and O–H groups in total. The number of hydrogen-bond acceptors (Lipinski definition) is 7. The minimum absolute atomic E-state index is 0.163. The van der Waals surface area contributed by atoms with Crippen molar-refractivity contribution in [1.82, 2.24) is 9.47 Å². The third-order valence-corrected chi connectivity index (χ3v) is 8.74. The predicted molar refractivity (Wildman–Crippen MR) is 160 cm³/mol. The number of benzene rings is 2. The Labute approximate surface area is 236 Å². The molecule has 0 atom stereocenters. The Balaban J connectivity index is 1.56. The summed E-state index contributed by atoms with van der Waals surface area (Å²) in [6.07, 6.45) is 2.93. The number of aromatic nitrogens is 1. The number of anilines is 1. The second kappa shape index (κ2) is 11.2. The maximum atomic E-state index is 13.9. The van der Waals surface area contributed by atoms with E-state index in [2.05, 4.69) is 4.90 Å². The Morgan fingerprint density at radius 3 is 2.46 bits per heavy atom. The summed E-state index contributed by atoms with van der Waals surface area (Å²) in [5.41, 5.74) is 8.40. The molecule has 2 saturated heterocycles. The van der Waals surface area contributed by atoms with Crippen LogP contribution >= 0.6 is 24.0 Å². The van der Waals surface area contributed by atoms with E-state index in [9.17, 15) is 14.4 Å². The molecule has 8 nitrogen and oxygen atoms in total. The summed E-state index contributed by atoms with van der Waals surface area (Å²) in [4.78, 5) is 43.3. The van der Waals surface area contributed by atoms with Crippen LogP contribution in [0.15, 0.2) is 58.2 Å². The van der Waals surface area contributed by atoms with Crippen molar-refractivity contribution in [1.29, 1.82) is 0 Å². The molecule has 2 aromatic carbocycles. The van der Waals surface area contributed by atoms with Crippen molar-refractivity contribution < 1.29 is 14.3 Å². The molecule has 0 spiro atoms. The number of pyridine rings is 1. The summed E-state index contributed by atoms with van der Waals surface area (Å²) in [7, 11) is 1.61. The number of ether oxygens (including phenoxy) is 1. The second-order valence-electron chi connectivity index (χ2n) is 9.61. The average molecular weight is 563 g/mol. The fourth-order valence-electron chi connectivity index (χ4n) is 5.26. The standard InChI is InChI=1S/C29H30N4O4S2/c1-3-32-23-7-5-4-6-21(23)25(31-14-12-19(13-15-31)26(30)34)22(27(32)35)16-24-28(36)33(29(38)39-24)17-18-8-10-20(37-2)11-9-18/h4-11,16,19H,3,12-15,17H2,1-2H3,(H2,30,34). The number of amides is 2. The molecule has 0 bridgehead atoms. The Morgan fingerprint density at radius 2 is 1.82 bits per heavy atom. The topological polar surface area (TPSA) is 97.9 Å². The maximum absolute atomic E-state index is 13.9. The van der Waals surface area contributed by atoms with Crippen LogP contribution in [0.3, 0.4) is 0 Å². The van der Waals surface area contributed by atoms with Crippen molar-refractivity contribution in [3.8, 4) is 5.75 Å². The number of thioether (sulfide) groups is 1. The minimum atomic E-state index is -0.290. The van der Waals surface area contributed by atoms with Gasteiger partial charge in [-0.2, -0.15) is 0 Å². The van der Waals surface area contributed by atoms with Crippen molar-refractivity contribution in [2.75, 3.05) is 25.1 Å². The first kappa shape index (κ1) is 27.0. The third-order valence-electron chi connectivity index (χ3n) is 7.36. The normalized spacial score (nSPS) is 17.4. The van der Waals surface area contributed by atoms with Crippen LogP contribution in [0.5, 0.6) is 5.75 Å². The molecular weight excluding hydrogens is 532 g/mol. The van der Waals surface area contributed by atoms with Gasteiger partial charge in [-0.15, -0.1) is 0 Å². The molecule has 3 aromatic rings. The van der Waals surface area contributed by atoms with Crippen molar-refractivity contribution >= 4 is 62.8 Å². The molecule has 1 aromatic heterocycles. The van der Waals surface area contributed by atoms with Crippen molar-refractivity contribution in [2.24, 2.45) is 11.7 Å². The molecular formula is C29H30N4O4S2. The first-order valence-electron chi connectivity index (χ1n) is 12.9. The summed E-state index contributed by atoms with van der Waals surface area (Å²) < 4.78 is 7.41. The molecule has 202 valence electrons. The summed E-state index contributed by atoms with van der Waals surface area (Å²) >= 11 is 6.78. The molecule has 0 aliphatic carbocycles. The number of nitrogens with two attached hydrogens (primary N) is 1. The van der Waals surface area contributed by atoms with Gasteiger partial charge in [0.2, 0.25) is 5.91 Å². The van der Waals surface area contributed by atoms with Gasteiger partial charge in [-0.05, 0) is 49.6 Å². The number of carbonyl (C=O) groups excluding carboxylic acids is 2. The highest BCUT2D eigenvalue weighted by Gasteiger charge is 2.34. The predicted octanol–water partition coefficient (Wildman–Crippen LogP) is 4.13. The number of hydrogen-bond donors (Lipinski definition) is 1. The van der Waals surface area contributed by atoms with Gasteiger partial charge in [0.05, 0.1) is 35.3 Å². The molecule has 39 heavy (non-hydrogen) atoms. The van der Waals surface area contributed by atoms with E-state index in [1.54, 1.807) is 22.7 Å². The lowest BCUT2D eigenvalue weighted by Crippen LogP contribution is -2.40. The third kappa shape index (κ3) is 5.18. The highest BCUT2D eigenvalue weighted by Crippen LogP contribution is 2.38. The van der Waals surface area contributed by atoms with Crippen molar-refractivity contribution in [2.45, 2.75) is 32.9 Å². The van der Waals surface area contributed by atoms with E-state index in [0.717, 1.165) is 27.9 Å². The van der Waals surface area contributed by atoms with Crippen LogP contribution in [0, 0.1) is 5.92 Å². The number of rotatable bonds is 7. The zero-order valence-electron chi connectivity index (χ0n) is 21.9. The van der Waals surface area contributed by atoms with E-state index >= 15 is 0 Å². The van der Waals surface area contributed by atoms with Crippen LogP contribution in [0.4, 0.5) is 5.69 Å². The van der Waals surface area contributed by atoms with Crippen LogP contribution in [-0.2, 0) is 22.7 Å². The number of methoxy groups -OCH3 is 1. The number of fused-ring (bicyclic) bond motifs is 1. The number of para-hydroxylation sites is 1. The summed E-state index contributed by atoms with van der Waals surface area (Å²) in [6.45, 7) is 3.93. The van der Waals surface area contributed by atoms with Crippen LogP contribution in [0.1, 0.15) is 30.9 Å². The summed E-state index contributed by atoms with van der Waals surface area (Å²) in [5, 5.41) is 0.927. The molecule has 5 rings (SSSR count). The SMILES string of the molecule is CCn1c(=O)c(C=C2SC(=S)N(Cc3ccc(OC)cc3)C2=O)c(N2CCC(C(N)=O)CC2)c2ccccc21. The number of carbonyl (C=O) groups is 2. The minimum Gasteiger partial charge on any atom is -0.497 e. The van der Waals surface area contributed by atoms with Gasteiger partial charge >= 0.3 is 0 Å². The van der Waals surface area contributed by atoms with E-state index in [-0.39, 0.29) is 23.3 Å². The van der Waals surface area contributed by atoms with Crippen molar-refractivity contribution in [3.05, 3.63) is 74.9 Å². The summed E-state index contributed by atoms with van der Waals surface area (Å²) in [5.74, 6) is 0.0394. The quantitative estimate of drug-likeness (QED) is 0.342. The van der Waals surface area contributed by atoms with Crippen LogP contribution in [-0.4, -0.2) is 45.8 Å². The van der Waals surface area contributed by atoms with Gasteiger partial charge < -0.3 is 19.9 Å². The fraction of sp³-hybridized carbons (Fsp3) is 0.310. The lowest BCUT2D eigenvalue weighted by molar-refractivity contribution is -0.123. The van der Waals surface area contributed by atoms with Gasteiger partial charge in [0, 0.05) is 30.9 Å². The monoisotopic (exact) mass is 562 g/mol. The number of piperidine rings is 1. The molecule has 2 amide bonds. The fourth-order valence-corrected chi connectivity index (χ4v) is 6.50. The number of thiocarbonyl (C=S) groups is 1. The van der Waals surface area contributed by atoms with Gasteiger partial charge in [-0.25, -0.2) is 0 Å². The molecule has 2 fully saturated rings. The Hall–Kier alpha value is -3.63. The van der Waals surface area contributed by atoms with Crippen LogP contribution in [0.25, 0.3) is 17.0 Å². The van der Waals surface area contributed by atoms with Gasteiger partial charge in [0.15, 0.2) is 0 Å². The van der Waals surface area contributed by atoms with Gasteiger partial charge in [0.1, 0.15) is 10.1 Å². The Kier molecular flexibility index (Phi) is 7.76. The van der Waals surface area contributed by atoms with Gasteiger partial charge in [-0.3, -0.25) is 19.3 Å². The molecule has 3 heterocycles. The first-order chi connectivity index (χ1) is 18.8. The maximum Gasteiger partial charge on any atom is 0.266 e. The molecule has 0 unspecified atom stereocenters. The Bertz CT molecular complexity index is 1540. The van der Waals surface area contributed by atoms with Crippen LogP contribution < -0.4 is 20.9 Å². The zero-order valence-corrected chi connectivity index (χ0v) is 23.5. The highest BCUT2D eigenvalue weighted by atomic mass is 32.2. The zero-order chi connectivity index (χ0) is 27.7. The van der Waals surface area contributed by atoms with Crippen molar-refractivity contribution in [3.63, 3.8) is 0 Å². The van der Waals surface area contributed by atoms with E-state index < -0.39 is 0 Å². The molecule has 0 radical (unpaired) electrons. The molecule has 2 aliphatic rings. The largest absolute Gasteiger partial charge is 0.497 e. The molecule has 2 aliphatic heterocycles. The number of aryl methyl sites for hydroxylation is 1. The summed E-state index contributed by atoms with van der Waals surface area (Å²) in [6, 6.07) is 15.3.